The summed E-state index contributed by atoms with van der Waals surface area (Å²) in [6, 6.07) is 11.7. The molecule has 3 aromatic rings. The van der Waals surface area contributed by atoms with Crippen LogP contribution in [-0.2, 0) is 16.6 Å². The van der Waals surface area contributed by atoms with Crippen LogP contribution < -0.4 is 16.0 Å². The Balaban J connectivity index is 1.87. The number of urea groups is 1. The number of aliphatic hydroxyl groups excluding tert-OH is 2. The van der Waals surface area contributed by atoms with Crippen molar-refractivity contribution in [1.29, 1.82) is 0 Å². The van der Waals surface area contributed by atoms with E-state index in [0.29, 0.717) is 22.1 Å². The van der Waals surface area contributed by atoms with Gasteiger partial charge in [-0.25, -0.2) is 4.79 Å². The first-order valence-electron chi connectivity index (χ1n) is 11.3. The van der Waals surface area contributed by atoms with Gasteiger partial charge in [0.1, 0.15) is 5.82 Å². The molecule has 1 heterocycles. The van der Waals surface area contributed by atoms with Crippen LogP contribution in [0.1, 0.15) is 32.0 Å². The average Bonchev–Trinajstić information content (AvgIpc) is 3.24. The van der Waals surface area contributed by atoms with Crippen molar-refractivity contribution < 1.29 is 19.8 Å². The molecule has 1 atom stereocenters. The van der Waals surface area contributed by atoms with E-state index in [4.69, 9.17) is 28.3 Å². The Kier molecular flexibility index (Phi) is 8.97. The zero-order valence-electron chi connectivity index (χ0n) is 20.2. The van der Waals surface area contributed by atoms with Gasteiger partial charge in [0.05, 0.1) is 40.6 Å². The zero-order chi connectivity index (χ0) is 26.5. The number of rotatable bonds is 8. The van der Waals surface area contributed by atoms with Crippen LogP contribution in [0, 0.1) is 0 Å². The maximum Gasteiger partial charge on any atom is 0.324 e. The normalized spacial score (nSPS) is 12.2. The van der Waals surface area contributed by atoms with Crippen LogP contribution in [0.25, 0.3) is 11.1 Å². The number of carbonyl (C=O) groups excluding carboxylic acids is 2. The van der Waals surface area contributed by atoms with Gasteiger partial charge < -0.3 is 20.8 Å². The third kappa shape index (κ3) is 6.98. The third-order valence-electron chi connectivity index (χ3n) is 5.24. The van der Waals surface area contributed by atoms with Crippen molar-refractivity contribution >= 4 is 46.6 Å². The van der Waals surface area contributed by atoms with Gasteiger partial charge in [-0.2, -0.15) is 5.10 Å². The Morgan fingerprint density at radius 2 is 1.83 bits per heavy atom. The van der Waals surface area contributed by atoms with Crippen molar-refractivity contribution in [1.82, 2.24) is 15.5 Å². The smallest absolute Gasteiger partial charge is 0.324 e. The van der Waals surface area contributed by atoms with Crippen molar-refractivity contribution in [2.24, 2.45) is 0 Å². The van der Waals surface area contributed by atoms with Crippen LogP contribution in [-0.4, -0.2) is 51.6 Å². The van der Waals surface area contributed by atoms with E-state index >= 15 is 0 Å². The maximum atomic E-state index is 12.8. The van der Waals surface area contributed by atoms with Gasteiger partial charge in [0.25, 0.3) is 0 Å². The molecular formula is C25H29Cl2N5O4. The lowest BCUT2D eigenvalue weighted by Gasteiger charge is -2.19. The lowest BCUT2D eigenvalue weighted by molar-refractivity contribution is -0.121. The van der Waals surface area contributed by atoms with Crippen LogP contribution in [0.3, 0.4) is 0 Å². The van der Waals surface area contributed by atoms with Crippen LogP contribution in [0.2, 0.25) is 10.0 Å². The maximum absolute atomic E-state index is 12.8. The van der Waals surface area contributed by atoms with E-state index in [9.17, 15) is 14.7 Å². The van der Waals surface area contributed by atoms with Crippen molar-refractivity contribution in [3.8, 4) is 11.1 Å². The number of halogens is 2. The summed E-state index contributed by atoms with van der Waals surface area (Å²) in [7, 11) is 0. The Bertz CT molecular complexity index is 1240. The Hall–Kier alpha value is -3.11. The lowest BCUT2D eigenvalue weighted by Crippen LogP contribution is -2.34. The first-order chi connectivity index (χ1) is 17.0. The summed E-state index contributed by atoms with van der Waals surface area (Å²) in [5.41, 5.74) is 2.90. The lowest BCUT2D eigenvalue weighted by atomic mass is 9.86. The first kappa shape index (κ1) is 27.5. The van der Waals surface area contributed by atoms with Gasteiger partial charge in [-0.3, -0.25) is 15.2 Å². The fraction of sp³-hybridized carbons (Fsp3) is 0.320. The molecule has 192 valence electrons. The van der Waals surface area contributed by atoms with E-state index < -0.39 is 18.7 Å². The molecule has 36 heavy (non-hydrogen) atoms. The van der Waals surface area contributed by atoms with E-state index in [2.05, 4.69) is 26.1 Å². The van der Waals surface area contributed by atoms with Crippen molar-refractivity contribution in [3.05, 3.63) is 63.8 Å². The highest BCUT2D eigenvalue weighted by Crippen LogP contribution is 2.37. The third-order valence-corrected chi connectivity index (χ3v) is 6.06. The minimum atomic E-state index is -1.01. The quantitative estimate of drug-likeness (QED) is 0.255. The Morgan fingerprint density at radius 3 is 2.53 bits per heavy atom. The summed E-state index contributed by atoms with van der Waals surface area (Å²) in [4.78, 5) is 25.1. The fourth-order valence-electron chi connectivity index (χ4n) is 3.50. The SMILES string of the molecule is CC(C)(C)c1n[nH]c(NC(=O)Nc2cccc(Cl)c2Cl)c1-c1cccc(CC(=O)NC[C@H](O)CO)c1. The second kappa shape index (κ2) is 11.7. The molecule has 1 aromatic heterocycles. The molecule has 0 fully saturated rings. The molecule has 0 spiro atoms. The second-order valence-electron chi connectivity index (χ2n) is 9.27. The minimum absolute atomic E-state index is 0.0370. The van der Waals surface area contributed by atoms with Crippen molar-refractivity contribution in [3.63, 3.8) is 0 Å². The molecule has 0 aliphatic rings. The van der Waals surface area contributed by atoms with Gasteiger partial charge in [0, 0.05) is 17.5 Å². The van der Waals surface area contributed by atoms with Crippen LogP contribution in [0.4, 0.5) is 16.3 Å². The van der Waals surface area contributed by atoms with Crippen LogP contribution >= 0.6 is 23.2 Å². The highest BCUT2D eigenvalue weighted by Gasteiger charge is 2.26. The average molecular weight is 534 g/mol. The summed E-state index contributed by atoms with van der Waals surface area (Å²) < 4.78 is 0. The standard InChI is InChI=1S/C25H29Cl2N5O4/c1-25(2,3)22-20(15-7-4-6-14(10-15)11-19(35)28-12-16(34)13-33)23(32-31-22)30-24(36)29-18-9-5-8-17(26)21(18)27/h4-10,16,33-34H,11-13H2,1-3H3,(H,28,35)(H3,29,30,31,32,36)/t16-/m0/s1. The van der Waals surface area contributed by atoms with E-state index in [1.165, 1.54) is 0 Å². The Labute approximate surface area is 219 Å². The monoisotopic (exact) mass is 533 g/mol. The molecule has 9 nitrogen and oxygen atoms in total. The van der Waals surface area contributed by atoms with Gasteiger partial charge in [-0.15, -0.1) is 0 Å². The number of nitrogens with zero attached hydrogens (tertiary/aromatic N) is 1. The number of carbonyl (C=O) groups is 2. The van der Waals surface area contributed by atoms with E-state index in [-0.39, 0.29) is 29.3 Å². The highest BCUT2D eigenvalue weighted by atomic mass is 35.5. The molecule has 3 amide bonds. The first-order valence-corrected chi connectivity index (χ1v) is 12.0. The number of aromatic amines is 1. The number of hydrogen-bond donors (Lipinski definition) is 6. The number of aliphatic hydroxyl groups is 2. The zero-order valence-corrected chi connectivity index (χ0v) is 21.7. The number of benzene rings is 2. The minimum Gasteiger partial charge on any atom is -0.394 e. The predicted molar refractivity (Wildman–Crippen MR) is 142 cm³/mol. The molecule has 11 heteroatoms. The summed E-state index contributed by atoms with van der Waals surface area (Å²) in [6.45, 7) is 5.55. The van der Waals surface area contributed by atoms with E-state index in [1.807, 2.05) is 45.0 Å². The fourth-order valence-corrected chi connectivity index (χ4v) is 3.85. The molecule has 0 unspecified atom stereocenters. The summed E-state index contributed by atoms with van der Waals surface area (Å²) >= 11 is 12.2. The number of hydrogen-bond acceptors (Lipinski definition) is 5. The number of anilines is 2. The van der Waals surface area contributed by atoms with Gasteiger partial charge in [0.15, 0.2) is 0 Å². The van der Waals surface area contributed by atoms with Gasteiger partial charge >= 0.3 is 6.03 Å². The second-order valence-corrected chi connectivity index (χ2v) is 10.1. The summed E-state index contributed by atoms with van der Waals surface area (Å²) in [6.07, 6.45) is -0.937. The number of H-pyrrole nitrogens is 1. The molecule has 2 aromatic carbocycles. The van der Waals surface area contributed by atoms with Crippen molar-refractivity contribution in [2.75, 3.05) is 23.8 Å². The van der Waals surface area contributed by atoms with Crippen LogP contribution in [0.15, 0.2) is 42.5 Å². The van der Waals surface area contributed by atoms with E-state index in [1.54, 1.807) is 18.2 Å². The summed E-state index contributed by atoms with van der Waals surface area (Å²) in [5.74, 6) is 0.0854. The topological polar surface area (TPSA) is 139 Å². The van der Waals surface area contributed by atoms with E-state index in [0.717, 1.165) is 16.8 Å². The van der Waals surface area contributed by atoms with Gasteiger partial charge in [-0.1, -0.05) is 74.3 Å². The molecule has 0 bridgehead atoms. The molecule has 6 N–H and O–H groups in total. The molecule has 0 radical (unpaired) electrons. The number of amides is 3. The molecule has 0 saturated heterocycles. The number of aromatic nitrogens is 2. The Morgan fingerprint density at radius 1 is 1.11 bits per heavy atom. The van der Waals surface area contributed by atoms with Gasteiger partial charge in [0.2, 0.25) is 5.91 Å². The van der Waals surface area contributed by atoms with Crippen molar-refractivity contribution in [2.45, 2.75) is 38.7 Å². The largest absolute Gasteiger partial charge is 0.394 e. The molecule has 0 saturated carbocycles. The molecule has 3 rings (SSSR count). The molecular weight excluding hydrogens is 505 g/mol. The molecule has 0 aliphatic heterocycles. The number of nitrogens with one attached hydrogen (secondary N) is 4. The van der Waals surface area contributed by atoms with Gasteiger partial charge in [-0.05, 0) is 23.3 Å². The predicted octanol–water partition coefficient (Wildman–Crippen LogP) is 4.34. The van der Waals surface area contributed by atoms with Crippen LogP contribution in [0.5, 0.6) is 0 Å². The molecule has 0 aliphatic carbocycles. The highest BCUT2D eigenvalue weighted by molar-refractivity contribution is 6.44. The summed E-state index contributed by atoms with van der Waals surface area (Å²) in [5, 5.41) is 34.3.